The number of aryl methyl sites for hydroxylation is 1. The number of halogens is 1. The van der Waals surface area contributed by atoms with Gasteiger partial charge in [0.25, 0.3) is 0 Å². The van der Waals surface area contributed by atoms with Gasteiger partial charge in [0, 0.05) is 22.7 Å². The minimum atomic E-state index is -0.119. The van der Waals surface area contributed by atoms with Crippen LogP contribution in [0.3, 0.4) is 0 Å². The molecule has 0 aromatic heterocycles. The maximum atomic E-state index is 12.3. The summed E-state index contributed by atoms with van der Waals surface area (Å²) in [5.41, 5.74) is 2.14. The van der Waals surface area contributed by atoms with Gasteiger partial charge < -0.3 is 10.2 Å². The van der Waals surface area contributed by atoms with E-state index in [4.69, 9.17) is 0 Å². The summed E-state index contributed by atoms with van der Waals surface area (Å²) in [4.78, 5) is 14.2. The molecule has 1 fully saturated rings. The quantitative estimate of drug-likeness (QED) is 0.865. The second-order valence-corrected chi connectivity index (χ2v) is 5.86. The van der Waals surface area contributed by atoms with Crippen LogP contribution < -0.4 is 10.2 Å². The Morgan fingerprint density at radius 2 is 2.11 bits per heavy atom. The van der Waals surface area contributed by atoms with Crippen LogP contribution in [0.25, 0.3) is 0 Å². The van der Waals surface area contributed by atoms with E-state index < -0.39 is 0 Å². The number of nitrogens with one attached hydrogen (secondary N) is 1. The highest BCUT2D eigenvalue weighted by Crippen LogP contribution is 2.24. The molecule has 0 radical (unpaired) electrons. The van der Waals surface area contributed by atoms with Crippen molar-refractivity contribution in [1.29, 1.82) is 0 Å². The minimum absolute atomic E-state index is 0.119. The van der Waals surface area contributed by atoms with Crippen molar-refractivity contribution >= 4 is 27.5 Å². The third-order valence-electron chi connectivity index (χ3n) is 3.41. The van der Waals surface area contributed by atoms with Crippen LogP contribution in [-0.4, -0.2) is 24.5 Å². The SMILES string of the molecule is Cc1cc(N2CCC(C)NC(C)C2=O)ccc1Br. The average Bonchev–Trinajstić information content (AvgIpc) is 2.44. The summed E-state index contributed by atoms with van der Waals surface area (Å²) in [5.74, 6) is 0.154. The zero-order valence-electron chi connectivity index (χ0n) is 11.0. The maximum Gasteiger partial charge on any atom is 0.243 e. The van der Waals surface area contributed by atoms with Crippen molar-refractivity contribution < 1.29 is 4.79 Å². The molecule has 2 unspecified atom stereocenters. The number of anilines is 1. The van der Waals surface area contributed by atoms with Gasteiger partial charge in [-0.15, -0.1) is 0 Å². The molecule has 0 aliphatic carbocycles. The number of hydrogen-bond donors (Lipinski definition) is 1. The number of amides is 1. The van der Waals surface area contributed by atoms with Gasteiger partial charge >= 0.3 is 0 Å². The molecule has 3 nitrogen and oxygen atoms in total. The van der Waals surface area contributed by atoms with Gasteiger partial charge in [-0.25, -0.2) is 0 Å². The first-order chi connectivity index (χ1) is 8.49. The topological polar surface area (TPSA) is 32.3 Å². The molecule has 0 saturated carbocycles. The summed E-state index contributed by atoms with van der Waals surface area (Å²) in [6.45, 7) is 6.88. The molecule has 0 bridgehead atoms. The Kier molecular flexibility index (Phi) is 4.07. The Hall–Kier alpha value is -0.870. The number of hydrogen-bond acceptors (Lipinski definition) is 2. The van der Waals surface area contributed by atoms with E-state index in [1.165, 1.54) is 0 Å². The van der Waals surface area contributed by atoms with E-state index in [2.05, 4.69) is 34.2 Å². The van der Waals surface area contributed by atoms with Crippen LogP contribution in [0.5, 0.6) is 0 Å². The standard InChI is InChI=1S/C14H19BrN2O/c1-9-8-12(4-5-13(9)15)17-7-6-10(2)16-11(3)14(17)18/h4-5,8,10-11,16H,6-7H2,1-3H3. The van der Waals surface area contributed by atoms with Crippen molar-refractivity contribution in [3.63, 3.8) is 0 Å². The van der Waals surface area contributed by atoms with Crippen molar-refractivity contribution in [2.75, 3.05) is 11.4 Å². The fraction of sp³-hybridized carbons (Fsp3) is 0.500. The molecular formula is C14H19BrN2O. The Morgan fingerprint density at radius 1 is 1.39 bits per heavy atom. The van der Waals surface area contributed by atoms with Gasteiger partial charge in [0.05, 0.1) is 6.04 Å². The van der Waals surface area contributed by atoms with Gasteiger partial charge in [-0.3, -0.25) is 4.79 Å². The zero-order chi connectivity index (χ0) is 13.3. The first kappa shape index (κ1) is 13.6. The molecule has 1 saturated heterocycles. The van der Waals surface area contributed by atoms with Crippen LogP contribution >= 0.6 is 15.9 Å². The van der Waals surface area contributed by atoms with E-state index in [0.717, 1.165) is 28.7 Å². The Labute approximate surface area is 117 Å². The molecule has 1 aromatic rings. The summed E-state index contributed by atoms with van der Waals surface area (Å²) in [7, 11) is 0. The molecule has 1 aromatic carbocycles. The van der Waals surface area contributed by atoms with Crippen molar-refractivity contribution in [3.05, 3.63) is 28.2 Å². The molecule has 18 heavy (non-hydrogen) atoms. The summed E-state index contributed by atoms with van der Waals surface area (Å²) in [6.07, 6.45) is 0.977. The van der Waals surface area contributed by atoms with Crippen LogP contribution in [0.1, 0.15) is 25.8 Å². The van der Waals surface area contributed by atoms with Gasteiger partial charge in [-0.2, -0.15) is 0 Å². The fourth-order valence-electron chi connectivity index (χ4n) is 2.30. The molecule has 4 heteroatoms. The van der Waals surface area contributed by atoms with Crippen LogP contribution in [0, 0.1) is 6.92 Å². The van der Waals surface area contributed by atoms with Gasteiger partial charge in [-0.05, 0) is 51.0 Å². The van der Waals surface area contributed by atoms with E-state index in [1.807, 2.05) is 30.9 Å². The highest BCUT2D eigenvalue weighted by Gasteiger charge is 2.27. The van der Waals surface area contributed by atoms with E-state index in [0.29, 0.717) is 6.04 Å². The lowest BCUT2D eigenvalue weighted by molar-refractivity contribution is -0.119. The van der Waals surface area contributed by atoms with E-state index in [1.54, 1.807) is 0 Å². The van der Waals surface area contributed by atoms with Crippen LogP contribution in [0.2, 0.25) is 0 Å². The third kappa shape index (κ3) is 2.75. The lowest BCUT2D eigenvalue weighted by Crippen LogP contribution is -2.43. The van der Waals surface area contributed by atoms with Crippen LogP contribution in [-0.2, 0) is 4.79 Å². The number of rotatable bonds is 1. The predicted molar refractivity (Wildman–Crippen MR) is 77.9 cm³/mol. The molecule has 1 heterocycles. The highest BCUT2D eigenvalue weighted by atomic mass is 79.9. The summed E-state index contributed by atoms with van der Waals surface area (Å²) in [5, 5.41) is 3.32. The average molecular weight is 311 g/mol. The molecular weight excluding hydrogens is 292 g/mol. The number of benzene rings is 1. The highest BCUT2D eigenvalue weighted by molar-refractivity contribution is 9.10. The summed E-state index contributed by atoms with van der Waals surface area (Å²) in [6, 6.07) is 6.32. The molecule has 98 valence electrons. The maximum absolute atomic E-state index is 12.3. The van der Waals surface area contributed by atoms with Crippen molar-refractivity contribution in [2.24, 2.45) is 0 Å². The lowest BCUT2D eigenvalue weighted by Gasteiger charge is -2.23. The second-order valence-electron chi connectivity index (χ2n) is 5.00. The number of carbonyl (C=O) groups excluding carboxylic acids is 1. The van der Waals surface area contributed by atoms with Crippen molar-refractivity contribution in [2.45, 2.75) is 39.3 Å². The molecule has 0 spiro atoms. The molecule has 1 aliphatic rings. The van der Waals surface area contributed by atoms with E-state index in [-0.39, 0.29) is 11.9 Å². The van der Waals surface area contributed by atoms with Crippen molar-refractivity contribution in [1.82, 2.24) is 5.32 Å². The molecule has 1 aliphatic heterocycles. The van der Waals surface area contributed by atoms with Crippen molar-refractivity contribution in [3.8, 4) is 0 Å². The zero-order valence-corrected chi connectivity index (χ0v) is 12.6. The summed E-state index contributed by atoms with van der Waals surface area (Å²) < 4.78 is 1.08. The predicted octanol–water partition coefficient (Wildman–Crippen LogP) is 2.86. The van der Waals surface area contributed by atoms with Gasteiger partial charge in [0.15, 0.2) is 0 Å². The molecule has 1 amide bonds. The third-order valence-corrected chi connectivity index (χ3v) is 4.30. The lowest BCUT2D eigenvalue weighted by atomic mass is 10.2. The first-order valence-corrected chi connectivity index (χ1v) is 7.12. The molecule has 2 atom stereocenters. The Morgan fingerprint density at radius 3 is 2.78 bits per heavy atom. The number of nitrogens with zero attached hydrogens (tertiary/aromatic N) is 1. The van der Waals surface area contributed by atoms with E-state index in [9.17, 15) is 4.79 Å². The number of carbonyl (C=O) groups is 1. The van der Waals surface area contributed by atoms with E-state index >= 15 is 0 Å². The Bertz CT molecular complexity index is 461. The Balaban J connectivity index is 2.30. The van der Waals surface area contributed by atoms with Crippen LogP contribution in [0.15, 0.2) is 22.7 Å². The monoisotopic (exact) mass is 310 g/mol. The smallest absolute Gasteiger partial charge is 0.243 e. The molecule has 2 rings (SSSR count). The second kappa shape index (κ2) is 5.41. The molecule has 1 N–H and O–H groups in total. The normalized spacial score (nSPS) is 25.1. The largest absolute Gasteiger partial charge is 0.311 e. The van der Waals surface area contributed by atoms with Gasteiger partial charge in [0.1, 0.15) is 0 Å². The first-order valence-electron chi connectivity index (χ1n) is 6.32. The van der Waals surface area contributed by atoms with Crippen LogP contribution in [0.4, 0.5) is 5.69 Å². The minimum Gasteiger partial charge on any atom is -0.311 e. The van der Waals surface area contributed by atoms with Gasteiger partial charge in [-0.1, -0.05) is 15.9 Å². The van der Waals surface area contributed by atoms with Gasteiger partial charge in [0.2, 0.25) is 5.91 Å². The summed E-state index contributed by atoms with van der Waals surface area (Å²) >= 11 is 3.49. The fourth-order valence-corrected chi connectivity index (χ4v) is 2.55.